The third kappa shape index (κ3) is 4.33. The van der Waals surface area contributed by atoms with Crippen LogP contribution in [0.5, 0.6) is 11.5 Å². The normalized spacial score (nSPS) is 10.5. The molecule has 2 rings (SSSR count). The minimum Gasteiger partial charge on any atom is -0.493 e. The van der Waals surface area contributed by atoms with E-state index in [9.17, 15) is 28.1 Å². The van der Waals surface area contributed by atoms with Gasteiger partial charge in [-0.3, -0.25) is 14.9 Å². The Bertz CT molecular complexity index is 863. The Labute approximate surface area is 149 Å². The summed E-state index contributed by atoms with van der Waals surface area (Å²) in [7, 11) is 1.11. The van der Waals surface area contributed by atoms with E-state index < -0.39 is 40.3 Å². The molecule has 0 aromatic heterocycles. The molecule has 0 fully saturated rings. The largest absolute Gasteiger partial charge is 0.493 e. The Morgan fingerprint density at radius 1 is 1.27 bits per heavy atom. The number of nitrogens with zero attached hydrogens (tertiary/aromatic N) is 1. The molecular formula is C15H10ClF3N2O5. The van der Waals surface area contributed by atoms with Crippen LogP contribution in [-0.2, 0) is 0 Å². The molecule has 0 unspecified atom stereocenters. The van der Waals surface area contributed by atoms with Crippen molar-refractivity contribution in [1.82, 2.24) is 0 Å². The second kappa shape index (κ2) is 7.91. The number of carbonyl (C=O) groups excluding carboxylic acids is 1. The Balaban J connectivity index is 2.46. The molecule has 0 aliphatic rings. The summed E-state index contributed by atoms with van der Waals surface area (Å²) in [5.41, 5.74) is -1.29. The summed E-state index contributed by atoms with van der Waals surface area (Å²) >= 11 is 5.79. The number of halogens is 4. The zero-order valence-electron chi connectivity index (χ0n) is 13.0. The zero-order chi connectivity index (χ0) is 19.4. The number of ether oxygens (including phenoxy) is 2. The number of alkyl halides is 2. The first-order chi connectivity index (χ1) is 12.2. The highest BCUT2D eigenvalue weighted by molar-refractivity contribution is 6.34. The minimum absolute atomic E-state index is 0.000705. The summed E-state index contributed by atoms with van der Waals surface area (Å²) in [5.74, 6) is -2.54. The number of hydrogen-bond donors (Lipinski definition) is 1. The van der Waals surface area contributed by atoms with Gasteiger partial charge in [-0.05, 0) is 18.2 Å². The number of benzene rings is 2. The molecular weight excluding hydrogens is 381 g/mol. The Hall–Kier alpha value is -3.01. The smallest absolute Gasteiger partial charge is 0.387 e. The molecule has 2 aromatic rings. The predicted octanol–water partition coefficient (Wildman–Crippen LogP) is 4.25. The first-order valence-corrected chi connectivity index (χ1v) is 7.18. The fourth-order valence-electron chi connectivity index (χ4n) is 2.01. The molecule has 26 heavy (non-hydrogen) atoms. The fourth-order valence-corrected chi connectivity index (χ4v) is 2.22. The van der Waals surface area contributed by atoms with Crippen LogP contribution in [-0.4, -0.2) is 24.6 Å². The van der Waals surface area contributed by atoms with E-state index in [1.54, 1.807) is 0 Å². The summed E-state index contributed by atoms with van der Waals surface area (Å²) in [6.45, 7) is -3.25. The lowest BCUT2D eigenvalue weighted by molar-refractivity contribution is -0.385. The van der Waals surface area contributed by atoms with Crippen molar-refractivity contribution >= 4 is 28.9 Å². The molecule has 11 heteroatoms. The van der Waals surface area contributed by atoms with Crippen LogP contribution in [0.2, 0.25) is 5.02 Å². The molecule has 138 valence electrons. The van der Waals surface area contributed by atoms with Crippen molar-refractivity contribution in [2.45, 2.75) is 6.61 Å². The molecule has 0 saturated carbocycles. The Kier molecular flexibility index (Phi) is 5.88. The fraction of sp³-hybridized carbons (Fsp3) is 0.133. The van der Waals surface area contributed by atoms with E-state index in [0.717, 1.165) is 31.4 Å². The van der Waals surface area contributed by atoms with E-state index in [1.165, 1.54) is 0 Å². The molecule has 0 heterocycles. The van der Waals surface area contributed by atoms with E-state index in [-0.39, 0.29) is 16.5 Å². The average molecular weight is 391 g/mol. The van der Waals surface area contributed by atoms with Crippen LogP contribution in [0.4, 0.5) is 24.5 Å². The van der Waals surface area contributed by atoms with Crippen molar-refractivity contribution in [1.29, 1.82) is 0 Å². The molecule has 0 saturated heterocycles. The number of nitro benzene ring substituents is 1. The van der Waals surface area contributed by atoms with E-state index in [4.69, 9.17) is 16.3 Å². The van der Waals surface area contributed by atoms with Gasteiger partial charge >= 0.3 is 6.61 Å². The summed E-state index contributed by atoms with van der Waals surface area (Å²) < 4.78 is 46.9. The maximum atomic E-state index is 13.0. The number of hydrogen-bond acceptors (Lipinski definition) is 5. The molecule has 0 radical (unpaired) electrons. The lowest BCUT2D eigenvalue weighted by Gasteiger charge is -2.12. The van der Waals surface area contributed by atoms with Crippen molar-refractivity contribution in [2.75, 3.05) is 12.4 Å². The summed E-state index contributed by atoms with van der Waals surface area (Å²) in [4.78, 5) is 22.6. The molecule has 1 N–H and O–H groups in total. The third-order valence-corrected chi connectivity index (χ3v) is 3.43. The van der Waals surface area contributed by atoms with Crippen LogP contribution in [0, 0.1) is 15.9 Å². The summed E-state index contributed by atoms with van der Waals surface area (Å²) in [5, 5.41) is 13.3. The molecule has 0 aliphatic heterocycles. The topological polar surface area (TPSA) is 90.7 Å². The van der Waals surface area contributed by atoms with Gasteiger partial charge in [0.1, 0.15) is 11.4 Å². The van der Waals surface area contributed by atoms with Crippen LogP contribution in [0.25, 0.3) is 0 Å². The first-order valence-electron chi connectivity index (χ1n) is 6.80. The summed E-state index contributed by atoms with van der Waals surface area (Å²) in [6, 6.07) is 4.64. The lowest BCUT2D eigenvalue weighted by Crippen LogP contribution is -2.15. The SMILES string of the molecule is COc1cc(C(=O)Nc2ccc(F)cc2Cl)c([N+](=O)[O-])cc1OC(F)F. The number of rotatable bonds is 6. The van der Waals surface area contributed by atoms with Gasteiger partial charge in [-0.2, -0.15) is 8.78 Å². The number of anilines is 1. The lowest BCUT2D eigenvalue weighted by atomic mass is 10.1. The van der Waals surface area contributed by atoms with Crippen molar-refractivity contribution in [3.63, 3.8) is 0 Å². The molecule has 0 atom stereocenters. The second-order valence-electron chi connectivity index (χ2n) is 4.73. The van der Waals surface area contributed by atoms with Gasteiger partial charge in [0.2, 0.25) is 0 Å². The third-order valence-electron chi connectivity index (χ3n) is 3.12. The van der Waals surface area contributed by atoms with Crippen molar-refractivity contribution in [3.8, 4) is 11.5 Å². The first kappa shape index (κ1) is 19.3. The van der Waals surface area contributed by atoms with Crippen LogP contribution in [0.15, 0.2) is 30.3 Å². The monoisotopic (exact) mass is 390 g/mol. The average Bonchev–Trinajstić information content (AvgIpc) is 2.56. The number of carbonyl (C=O) groups is 1. The van der Waals surface area contributed by atoms with Gasteiger partial charge in [0.05, 0.1) is 28.8 Å². The second-order valence-corrected chi connectivity index (χ2v) is 5.14. The minimum atomic E-state index is -3.25. The van der Waals surface area contributed by atoms with Crippen molar-refractivity contribution in [2.24, 2.45) is 0 Å². The zero-order valence-corrected chi connectivity index (χ0v) is 13.7. The molecule has 0 bridgehead atoms. The highest BCUT2D eigenvalue weighted by Gasteiger charge is 2.26. The van der Waals surface area contributed by atoms with Crippen LogP contribution in [0.1, 0.15) is 10.4 Å². The van der Waals surface area contributed by atoms with E-state index in [2.05, 4.69) is 10.1 Å². The van der Waals surface area contributed by atoms with Crippen molar-refractivity contribution in [3.05, 3.63) is 56.8 Å². The van der Waals surface area contributed by atoms with Crippen LogP contribution in [0.3, 0.4) is 0 Å². The van der Waals surface area contributed by atoms with E-state index in [0.29, 0.717) is 6.07 Å². The van der Waals surface area contributed by atoms with Gasteiger partial charge in [0, 0.05) is 6.07 Å². The van der Waals surface area contributed by atoms with Gasteiger partial charge in [-0.25, -0.2) is 4.39 Å². The highest BCUT2D eigenvalue weighted by Crippen LogP contribution is 2.36. The van der Waals surface area contributed by atoms with Gasteiger partial charge in [0.25, 0.3) is 11.6 Å². The molecule has 0 aliphatic carbocycles. The quantitative estimate of drug-likeness (QED) is 0.588. The molecule has 0 spiro atoms. The highest BCUT2D eigenvalue weighted by atomic mass is 35.5. The van der Waals surface area contributed by atoms with Gasteiger partial charge < -0.3 is 14.8 Å². The van der Waals surface area contributed by atoms with Crippen LogP contribution >= 0.6 is 11.6 Å². The number of nitrogens with one attached hydrogen (secondary N) is 1. The van der Waals surface area contributed by atoms with Gasteiger partial charge in [0.15, 0.2) is 11.5 Å². The molecule has 1 amide bonds. The van der Waals surface area contributed by atoms with Gasteiger partial charge in [-0.1, -0.05) is 11.6 Å². The van der Waals surface area contributed by atoms with E-state index >= 15 is 0 Å². The number of nitro groups is 1. The number of amides is 1. The maximum Gasteiger partial charge on any atom is 0.387 e. The standard InChI is InChI=1S/C15H10ClF3N2O5/c1-25-12-5-8(11(21(23)24)6-13(12)26-15(18)19)14(22)20-10-3-2-7(17)4-9(10)16/h2-6,15H,1H3,(H,20,22). The number of methoxy groups -OCH3 is 1. The van der Waals surface area contributed by atoms with E-state index in [1.807, 2.05) is 0 Å². The van der Waals surface area contributed by atoms with Crippen LogP contribution < -0.4 is 14.8 Å². The predicted molar refractivity (Wildman–Crippen MR) is 85.6 cm³/mol. The summed E-state index contributed by atoms with van der Waals surface area (Å²) in [6.07, 6.45) is 0. The Morgan fingerprint density at radius 2 is 1.96 bits per heavy atom. The molecule has 2 aromatic carbocycles. The van der Waals surface area contributed by atoms with Crippen molar-refractivity contribution < 1.29 is 32.4 Å². The Morgan fingerprint density at radius 3 is 2.50 bits per heavy atom. The van der Waals surface area contributed by atoms with Gasteiger partial charge in [-0.15, -0.1) is 0 Å². The molecule has 7 nitrogen and oxygen atoms in total. The maximum absolute atomic E-state index is 13.0.